The fraction of sp³-hybridized carbons (Fsp3) is 0.125. The second-order valence-electron chi connectivity index (χ2n) is 2.64. The van der Waals surface area contributed by atoms with Gasteiger partial charge in [-0.15, -0.1) is 0 Å². The first-order chi connectivity index (χ1) is 7.13. The van der Waals surface area contributed by atoms with Gasteiger partial charge in [0.25, 0.3) is 5.91 Å². The second-order valence-corrected chi connectivity index (χ2v) is 2.64. The van der Waals surface area contributed by atoms with Gasteiger partial charge in [0.1, 0.15) is 11.5 Å². The number of nitrogens with two attached hydrogens (primary N) is 1. The fourth-order valence-corrected chi connectivity index (χ4v) is 0.807. The Kier molecular flexibility index (Phi) is 3.55. The molecule has 4 N–H and O–H groups in total. The Morgan fingerprint density at radius 2 is 2.40 bits per heavy atom. The van der Waals surface area contributed by atoms with Gasteiger partial charge in [0.05, 0.1) is 12.7 Å². The van der Waals surface area contributed by atoms with E-state index in [4.69, 9.17) is 10.9 Å². The van der Waals surface area contributed by atoms with Gasteiger partial charge in [0.2, 0.25) is 0 Å². The zero-order valence-corrected chi connectivity index (χ0v) is 7.64. The van der Waals surface area contributed by atoms with Gasteiger partial charge in [0.15, 0.2) is 5.84 Å². The summed E-state index contributed by atoms with van der Waals surface area (Å²) in [5.41, 5.74) is 5.19. The van der Waals surface area contributed by atoms with Gasteiger partial charge in [-0.05, 0) is 12.1 Å². The summed E-state index contributed by atoms with van der Waals surface area (Å²) in [6, 6.07) is 2.35. The van der Waals surface area contributed by atoms with Crippen molar-refractivity contribution in [3.63, 3.8) is 0 Å². The second kappa shape index (κ2) is 4.89. The van der Waals surface area contributed by atoms with Crippen LogP contribution < -0.4 is 11.1 Å². The quantitative estimate of drug-likeness (QED) is 0.277. The summed E-state index contributed by atoms with van der Waals surface area (Å²) in [5.74, 6) is -1.19. The van der Waals surface area contributed by atoms with E-state index in [-0.39, 0.29) is 18.1 Å². The van der Waals surface area contributed by atoms with Crippen molar-refractivity contribution < 1.29 is 14.4 Å². The van der Waals surface area contributed by atoms with Gasteiger partial charge in [-0.2, -0.15) is 0 Å². The van der Waals surface area contributed by atoms with E-state index < -0.39 is 11.7 Å². The zero-order chi connectivity index (χ0) is 11.3. The summed E-state index contributed by atoms with van der Waals surface area (Å²) < 4.78 is 12.5. The van der Waals surface area contributed by atoms with Crippen molar-refractivity contribution in [2.45, 2.75) is 0 Å². The van der Waals surface area contributed by atoms with E-state index in [0.29, 0.717) is 0 Å². The van der Waals surface area contributed by atoms with Crippen molar-refractivity contribution in [1.29, 1.82) is 0 Å². The Balaban J connectivity index is 2.58. The Hall–Kier alpha value is -2.18. The number of aromatic nitrogens is 1. The van der Waals surface area contributed by atoms with Crippen LogP contribution in [0.5, 0.6) is 0 Å². The maximum Gasteiger partial charge on any atom is 0.270 e. The summed E-state index contributed by atoms with van der Waals surface area (Å²) >= 11 is 0. The first kappa shape index (κ1) is 10.9. The van der Waals surface area contributed by atoms with Crippen molar-refractivity contribution in [2.24, 2.45) is 10.9 Å². The van der Waals surface area contributed by atoms with Crippen LogP contribution >= 0.6 is 0 Å². The number of hydrogen-bond donors (Lipinski definition) is 3. The topological polar surface area (TPSA) is 101 Å². The van der Waals surface area contributed by atoms with Crippen LogP contribution in [0, 0.1) is 5.82 Å². The minimum absolute atomic E-state index is 0.0575. The maximum absolute atomic E-state index is 12.5. The molecule has 1 aromatic rings. The number of nitrogens with one attached hydrogen (secondary N) is 1. The molecule has 7 heteroatoms. The summed E-state index contributed by atoms with van der Waals surface area (Å²) in [7, 11) is 0. The smallest absolute Gasteiger partial charge is 0.270 e. The molecule has 0 aliphatic carbocycles. The molecule has 1 heterocycles. The van der Waals surface area contributed by atoms with Crippen molar-refractivity contribution in [1.82, 2.24) is 10.3 Å². The predicted octanol–water partition coefficient (Wildman–Crippen LogP) is -0.303. The van der Waals surface area contributed by atoms with E-state index in [0.717, 1.165) is 12.3 Å². The molecule has 6 nitrogen and oxygen atoms in total. The molecule has 0 unspecified atom stereocenters. The lowest BCUT2D eigenvalue weighted by Crippen LogP contribution is -2.33. The Bertz CT molecular complexity index is 377. The van der Waals surface area contributed by atoms with Crippen LogP contribution in [-0.4, -0.2) is 28.5 Å². The molecule has 0 saturated carbocycles. The average Bonchev–Trinajstić information content (AvgIpc) is 2.26. The molecule has 0 aromatic carbocycles. The lowest BCUT2D eigenvalue weighted by atomic mass is 10.3. The monoisotopic (exact) mass is 212 g/mol. The highest BCUT2D eigenvalue weighted by atomic mass is 19.1. The highest BCUT2D eigenvalue weighted by molar-refractivity contribution is 5.95. The van der Waals surface area contributed by atoms with Gasteiger partial charge in [-0.3, -0.25) is 4.79 Å². The molecule has 15 heavy (non-hydrogen) atoms. The van der Waals surface area contributed by atoms with Gasteiger partial charge < -0.3 is 16.3 Å². The van der Waals surface area contributed by atoms with E-state index in [9.17, 15) is 9.18 Å². The molecular weight excluding hydrogens is 203 g/mol. The predicted molar refractivity (Wildman–Crippen MR) is 49.9 cm³/mol. The van der Waals surface area contributed by atoms with E-state index in [2.05, 4.69) is 15.5 Å². The molecule has 0 saturated heterocycles. The summed E-state index contributed by atoms with van der Waals surface area (Å²) in [5, 5.41) is 13.2. The number of carbonyl (C=O) groups is 1. The molecule has 0 fully saturated rings. The first-order valence-electron chi connectivity index (χ1n) is 3.99. The Morgan fingerprint density at radius 1 is 1.67 bits per heavy atom. The van der Waals surface area contributed by atoms with E-state index in [1.54, 1.807) is 0 Å². The Morgan fingerprint density at radius 3 is 2.93 bits per heavy atom. The number of amidine groups is 1. The van der Waals surface area contributed by atoms with Crippen molar-refractivity contribution in [3.8, 4) is 0 Å². The van der Waals surface area contributed by atoms with Gasteiger partial charge in [0, 0.05) is 0 Å². The fourth-order valence-electron chi connectivity index (χ4n) is 0.807. The first-order valence-corrected chi connectivity index (χ1v) is 3.99. The highest BCUT2D eigenvalue weighted by Crippen LogP contribution is 1.97. The van der Waals surface area contributed by atoms with Gasteiger partial charge in [-0.25, -0.2) is 9.37 Å². The number of hydrogen-bond acceptors (Lipinski definition) is 4. The summed E-state index contributed by atoms with van der Waals surface area (Å²) in [4.78, 5) is 14.8. The molecule has 1 rings (SSSR count). The number of rotatable bonds is 3. The Labute approximate surface area is 84.6 Å². The normalized spacial score (nSPS) is 11.1. The van der Waals surface area contributed by atoms with Crippen molar-refractivity contribution >= 4 is 11.7 Å². The van der Waals surface area contributed by atoms with Gasteiger partial charge in [-0.1, -0.05) is 5.16 Å². The summed E-state index contributed by atoms with van der Waals surface area (Å²) in [6.45, 7) is -0.103. The van der Waals surface area contributed by atoms with E-state index in [1.165, 1.54) is 6.07 Å². The molecule has 1 aromatic heterocycles. The van der Waals surface area contributed by atoms with Crippen molar-refractivity contribution in [3.05, 3.63) is 29.8 Å². The number of halogens is 1. The SMILES string of the molecule is N/C(CNC(=O)c1ccc(F)cn1)=N/O. The molecule has 1 amide bonds. The largest absolute Gasteiger partial charge is 0.409 e. The third-order valence-corrected chi connectivity index (χ3v) is 1.52. The number of amides is 1. The minimum atomic E-state index is -0.526. The maximum atomic E-state index is 12.5. The van der Waals surface area contributed by atoms with Crippen LogP contribution in [0.15, 0.2) is 23.5 Å². The lowest BCUT2D eigenvalue weighted by molar-refractivity contribution is 0.0954. The third kappa shape index (κ3) is 3.22. The molecule has 80 valence electrons. The van der Waals surface area contributed by atoms with E-state index >= 15 is 0 Å². The third-order valence-electron chi connectivity index (χ3n) is 1.52. The zero-order valence-electron chi connectivity index (χ0n) is 7.64. The summed E-state index contributed by atoms with van der Waals surface area (Å²) in [6.07, 6.45) is 0.929. The number of carbonyl (C=O) groups excluding carboxylic acids is 1. The lowest BCUT2D eigenvalue weighted by Gasteiger charge is -2.02. The standard InChI is InChI=1S/C8H9FN4O2/c9-5-1-2-6(11-3-5)8(14)12-4-7(10)13-15/h1-3,15H,4H2,(H2,10,13)(H,12,14). The number of pyridine rings is 1. The molecule has 0 aliphatic heterocycles. The molecule has 0 bridgehead atoms. The highest BCUT2D eigenvalue weighted by Gasteiger charge is 2.06. The number of nitrogens with zero attached hydrogens (tertiary/aromatic N) is 2. The average molecular weight is 212 g/mol. The molecule has 0 atom stereocenters. The molecule has 0 aliphatic rings. The van der Waals surface area contributed by atoms with Crippen LogP contribution in [0.2, 0.25) is 0 Å². The van der Waals surface area contributed by atoms with Gasteiger partial charge >= 0.3 is 0 Å². The number of oxime groups is 1. The van der Waals surface area contributed by atoms with Crippen LogP contribution in [-0.2, 0) is 0 Å². The van der Waals surface area contributed by atoms with Crippen LogP contribution in [0.25, 0.3) is 0 Å². The van der Waals surface area contributed by atoms with Crippen LogP contribution in [0.1, 0.15) is 10.5 Å². The minimum Gasteiger partial charge on any atom is -0.409 e. The van der Waals surface area contributed by atoms with Crippen LogP contribution in [0.4, 0.5) is 4.39 Å². The molecular formula is C8H9FN4O2. The van der Waals surface area contributed by atoms with Crippen molar-refractivity contribution in [2.75, 3.05) is 6.54 Å². The van der Waals surface area contributed by atoms with Crippen LogP contribution in [0.3, 0.4) is 0 Å². The molecule has 0 spiro atoms. The molecule has 0 radical (unpaired) electrons. The van der Waals surface area contributed by atoms with E-state index in [1.807, 2.05) is 0 Å².